The third kappa shape index (κ3) is 2.76. The summed E-state index contributed by atoms with van der Waals surface area (Å²) in [6.45, 7) is 0. The number of thiol groups is 1. The average molecular weight is 230 g/mol. The standard InChI is InChI=1S/C13H14N2S/c16-9-5-4-6-12-10-14-15(11-12)13-7-2-1-3-8-13/h1-4,6-8,10-11,16H,5,9H2. The monoisotopic (exact) mass is 230 g/mol. The van der Waals surface area contributed by atoms with Crippen molar-refractivity contribution < 1.29 is 0 Å². The molecule has 0 amide bonds. The second-order valence-corrected chi connectivity index (χ2v) is 3.92. The van der Waals surface area contributed by atoms with E-state index in [1.807, 2.05) is 47.4 Å². The molecule has 0 aliphatic heterocycles. The van der Waals surface area contributed by atoms with Gasteiger partial charge in [0.1, 0.15) is 0 Å². The zero-order valence-corrected chi connectivity index (χ0v) is 9.85. The van der Waals surface area contributed by atoms with Crippen LogP contribution in [0.1, 0.15) is 12.0 Å². The van der Waals surface area contributed by atoms with Gasteiger partial charge in [-0.15, -0.1) is 0 Å². The summed E-state index contributed by atoms with van der Waals surface area (Å²) >= 11 is 4.16. The molecule has 0 fully saturated rings. The molecule has 2 nitrogen and oxygen atoms in total. The molecule has 0 spiro atoms. The molecule has 0 aliphatic carbocycles. The Labute approximate surface area is 101 Å². The molecule has 0 saturated carbocycles. The normalized spacial score (nSPS) is 11.1. The molecule has 2 rings (SSSR count). The summed E-state index contributed by atoms with van der Waals surface area (Å²) in [5, 5.41) is 4.31. The summed E-state index contributed by atoms with van der Waals surface area (Å²) in [7, 11) is 0. The zero-order valence-electron chi connectivity index (χ0n) is 8.95. The van der Waals surface area contributed by atoms with Crippen LogP contribution in [0.5, 0.6) is 0 Å². The minimum absolute atomic E-state index is 0.878. The van der Waals surface area contributed by atoms with Crippen LogP contribution in [0.25, 0.3) is 11.8 Å². The Morgan fingerprint density at radius 3 is 2.81 bits per heavy atom. The summed E-state index contributed by atoms with van der Waals surface area (Å²) in [5.74, 6) is 0.878. The van der Waals surface area contributed by atoms with Gasteiger partial charge in [-0.2, -0.15) is 17.7 Å². The lowest BCUT2D eigenvalue weighted by Gasteiger charge is -1.98. The van der Waals surface area contributed by atoms with Gasteiger partial charge in [-0.25, -0.2) is 4.68 Å². The molecule has 0 atom stereocenters. The van der Waals surface area contributed by atoms with Crippen LogP contribution >= 0.6 is 12.6 Å². The highest BCUT2D eigenvalue weighted by atomic mass is 32.1. The van der Waals surface area contributed by atoms with Crippen molar-refractivity contribution in [2.24, 2.45) is 0 Å². The molecule has 1 aromatic carbocycles. The number of nitrogens with zero attached hydrogens (tertiary/aromatic N) is 2. The number of aromatic nitrogens is 2. The molecular weight excluding hydrogens is 216 g/mol. The van der Waals surface area contributed by atoms with E-state index in [2.05, 4.69) is 29.9 Å². The molecule has 0 radical (unpaired) electrons. The number of hydrogen-bond acceptors (Lipinski definition) is 2. The summed E-state index contributed by atoms with van der Waals surface area (Å²) in [4.78, 5) is 0. The van der Waals surface area contributed by atoms with Gasteiger partial charge in [0.05, 0.1) is 11.9 Å². The number of benzene rings is 1. The Morgan fingerprint density at radius 1 is 1.25 bits per heavy atom. The van der Waals surface area contributed by atoms with E-state index < -0.39 is 0 Å². The van der Waals surface area contributed by atoms with Crippen LogP contribution in [0.3, 0.4) is 0 Å². The quantitative estimate of drug-likeness (QED) is 0.799. The summed E-state index contributed by atoms with van der Waals surface area (Å²) in [6, 6.07) is 10.1. The fourth-order valence-corrected chi connectivity index (χ4v) is 1.59. The number of rotatable bonds is 4. The largest absolute Gasteiger partial charge is 0.240 e. The van der Waals surface area contributed by atoms with Crippen molar-refractivity contribution in [1.82, 2.24) is 9.78 Å². The Kier molecular flexibility index (Phi) is 3.83. The Balaban J connectivity index is 2.14. The predicted octanol–water partition coefficient (Wildman–Crippen LogP) is 3.21. The first-order chi connectivity index (χ1) is 7.90. The van der Waals surface area contributed by atoms with Crippen molar-refractivity contribution in [2.75, 3.05) is 5.75 Å². The first-order valence-corrected chi connectivity index (χ1v) is 5.91. The molecule has 0 aliphatic rings. The molecule has 0 bridgehead atoms. The van der Waals surface area contributed by atoms with Crippen molar-refractivity contribution in [1.29, 1.82) is 0 Å². The molecule has 0 unspecified atom stereocenters. The minimum Gasteiger partial charge on any atom is -0.240 e. The van der Waals surface area contributed by atoms with E-state index in [1.54, 1.807) is 0 Å². The Hall–Kier alpha value is -1.48. The van der Waals surface area contributed by atoms with E-state index in [-0.39, 0.29) is 0 Å². The van der Waals surface area contributed by atoms with Crippen LogP contribution in [0.15, 0.2) is 48.8 Å². The van der Waals surface area contributed by atoms with Gasteiger partial charge in [0.25, 0.3) is 0 Å². The van der Waals surface area contributed by atoms with E-state index in [0.29, 0.717) is 0 Å². The summed E-state index contributed by atoms with van der Waals surface area (Å²) in [6.07, 6.45) is 9.05. The summed E-state index contributed by atoms with van der Waals surface area (Å²) < 4.78 is 1.88. The summed E-state index contributed by atoms with van der Waals surface area (Å²) in [5.41, 5.74) is 2.20. The maximum absolute atomic E-state index is 4.31. The third-order valence-corrected chi connectivity index (χ3v) is 2.49. The minimum atomic E-state index is 0.878. The zero-order chi connectivity index (χ0) is 11.2. The van der Waals surface area contributed by atoms with Crippen LogP contribution in [0.2, 0.25) is 0 Å². The number of hydrogen-bond donors (Lipinski definition) is 1. The highest BCUT2D eigenvalue weighted by Crippen LogP contribution is 2.08. The van der Waals surface area contributed by atoms with E-state index in [1.165, 1.54) is 0 Å². The number of allylic oxidation sites excluding steroid dienone is 1. The van der Waals surface area contributed by atoms with Crippen molar-refractivity contribution in [3.05, 3.63) is 54.4 Å². The SMILES string of the molecule is SCCC=Cc1cnn(-c2ccccc2)c1. The highest BCUT2D eigenvalue weighted by Gasteiger charge is 1.96. The Bertz CT molecular complexity index is 460. The van der Waals surface area contributed by atoms with Gasteiger partial charge >= 0.3 is 0 Å². The highest BCUT2D eigenvalue weighted by molar-refractivity contribution is 7.80. The molecule has 3 heteroatoms. The van der Waals surface area contributed by atoms with E-state index in [9.17, 15) is 0 Å². The molecule has 16 heavy (non-hydrogen) atoms. The second kappa shape index (κ2) is 5.56. The number of para-hydroxylation sites is 1. The maximum atomic E-state index is 4.31. The first kappa shape index (κ1) is 11.0. The topological polar surface area (TPSA) is 17.8 Å². The molecule has 82 valence electrons. The molecule has 0 saturated heterocycles. The average Bonchev–Trinajstić information content (AvgIpc) is 2.79. The van der Waals surface area contributed by atoms with Crippen LogP contribution in [-0.4, -0.2) is 15.5 Å². The van der Waals surface area contributed by atoms with Gasteiger partial charge in [-0.05, 0) is 24.3 Å². The van der Waals surface area contributed by atoms with Gasteiger partial charge in [0, 0.05) is 11.8 Å². The van der Waals surface area contributed by atoms with Crippen LogP contribution in [-0.2, 0) is 0 Å². The lowest BCUT2D eigenvalue weighted by molar-refractivity contribution is 0.880. The lowest BCUT2D eigenvalue weighted by atomic mass is 10.3. The fourth-order valence-electron chi connectivity index (χ4n) is 1.44. The van der Waals surface area contributed by atoms with Crippen LogP contribution in [0.4, 0.5) is 0 Å². The van der Waals surface area contributed by atoms with Gasteiger partial charge < -0.3 is 0 Å². The van der Waals surface area contributed by atoms with Gasteiger partial charge in [-0.1, -0.05) is 30.4 Å². The first-order valence-electron chi connectivity index (χ1n) is 5.27. The van der Waals surface area contributed by atoms with E-state index >= 15 is 0 Å². The predicted molar refractivity (Wildman–Crippen MR) is 71.1 cm³/mol. The molecular formula is C13H14N2S. The molecule has 1 heterocycles. The van der Waals surface area contributed by atoms with Crippen LogP contribution in [0, 0.1) is 0 Å². The van der Waals surface area contributed by atoms with E-state index in [4.69, 9.17) is 0 Å². The van der Waals surface area contributed by atoms with Crippen molar-refractivity contribution in [2.45, 2.75) is 6.42 Å². The van der Waals surface area contributed by atoms with Gasteiger partial charge in [-0.3, -0.25) is 0 Å². The molecule has 1 aromatic heterocycles. The van der Waals surface area contributed by atoms with Crippen molar-refractivity contribution in [3.8, 4) is 5.69 Å². The Morgan fingerprint density at radius 2 is 2.06 bits per heavy atom. The smallest absolute Gasteiger partial charge is 0.0645 e. The van der Waals surface area contributed by atoms with Crippen molar-refractivity contribution >= 4 is 18.7 Å². The fraction of sp³-hybridized carbons (Fsp3) is 0.154. The van der Waals surface area contributed by atoms with Crippen LogP contribution < -0.4 is 0 Å². The molecule has 0 N–H and O–H groups in total. The van der Waals surface area contributed by atoms with Gasteiger partial charge in [0.15, 0.2) is 0 Å². The van der Waals surface area contributed by atoms with Crippen molar-refractivity contribution in [3.63, 3.8) is 0 Å². The van der Waals surface area contributed by atoms with Gasteiger partial charge in [0.2, 0.25) is 0 Å². The third-order valence-electron chi connectivity index (χ3n) is 2.23. The lowest BCUT2D eigenvalue weighted by Crippen LogP contribution is -1.92. The maximum Gasteiger partial charge on any atom is 0.0645 e. The van der Waals surface area contributed by atoms with E-state index in [0.717, 1.165) is 23.4 Å². The second-order valence-electron chi connectivity index (χ2n) is 3.47. The molecule has 2 aromatic rings.